The van der Waals surface area contributed by atoms with Gasteiger partial charge in [0.1, 0.15) is 0 Å². The minimum Gasteiger partial charge on any atom is -0.140 e. The van der Waals surface area contributed by atoms with E-state index in [1.807, 2.05) is 34.0 Å². The first kappa shape index (κ1) is 18.0. The first-order valence-electron chi connectivity index (χ1n) is 10.8. The molecule has 2 aliphatic carbocycles. The molecule has 5 heterocycles. The zero-order valence-electron chi connectivity index (χ0n) is 17.2. The molecule has 2 aliphatic rings. The molecule has 0 nitrogen and oxygen atoms in total. The molecular formula is C26H18S5. The minimum atomic E-state index is 1.19. The predicted molar refractivity (Wildman–Crippen MR) is 144 cm³/mol. The molecule has 0 amide bonds. The molecule has 0 unspecified atom stereocenters. The van der Waals surface area contributed by atoms with Gasteiger partial charge in [-0.1, -0.05) is 12.1 Å². The standard InChI is InChI=1S/C26H18S5/c1-11-9-13-3-4-15-14(20(13)27-11)5-6-16-21(15)30-26-18-8-7-17-22-19(10-12(2)28-22)29-23(17)25(18)31-24(16)26/h3-4,9-10H,5-8H2,1-2H3. The van der Waals surface area contributed by atoms with Crippen molar-refractivity contribution in [2.24, 2.45) is 0 Å². The molecule has 31 heavy (non-hydrogen) atoms. The van der Waals surface area contributed by atoms with Gasteiger partial charge in [-0.2, -0.15) is 0 Å². The molecule has 0 N–H and O–H groups in total. The molecule has 0 spiro atoms. The van der Waals surface area contributed by atoms with Crippen LogP contribution in [0.15, 0.2) is 24.3 Å². The van der Waals surface area contributed by atoms with Crippen LogP contribution in [0.5, 0.6) is 0 Å². The predicted octanol–water partition coefficient (Wildman–Crippen LogP) is 9.60. The summed E-state index contributed by atoms with van der Waals surface area (Å²) in [5.41, 5.74) is 8.03. The highest BCUT2D eigenvalue weighted by Gasteiger charge is 2.31. The Labute approximate surface area is 200 Å². The highest BCUT2D eigenvalue weighted by atomic mass is 32.1. The fourth-order valence-corrected chi connectivity index (χ4v) is 12.6. The molecule has 8 rings (SSSR count). The largest absolute Gasteiger partial charge is 0.140 e. The average Bonchev–Trinajstić information content (AvgIpc) is 3.51. The van der Waals surface area contributed by atoms with Gasteiger partial charge in [-0.3, -0.25) is 0 Å². The monoisotopic (exact) mass is 490 g/mol. The highest BCUT2D eigenvalue weighted by molar-refractivity contribution is 7.35. The van der Waals surface area contributed by atoms with E-state index in [1.165, 1.54) is 55.8 Å². The van der Waals surface area contributed by atoms with E-state index in [-0.39, 0.29) is 0 Å². The summed E-state index contributed by atoms with van der Waals surface area (Å²) in [4.78, 5) is 7.61. The van der Waals surface area contributed by atoms with Gasteiger partial charge < -0.3 is 0 Å². The third kappa shape index (κ3) is 2.29. The maximum atomic E-state index is 2.40. The summed E-state index contributed by atoms with van der Waals surface area (Å²) >= 11 is 10.2. The van der Waals surface area contributed by atoms with Crippen LogP contribution in [-0.4, -0.2) is 0 Å². The lowest BCUT2D eigenvalue weighted by Crippen LogP contribution is -2.01. The van der Waals surface area contributed by atoms with E-state index in [9.17, 15) is 0 Å². The molecule has 152 valence electrons. The van der Waals surface area contributed by atoms with Gasteiger partial charge in [0, 0.05) is 47.9 Å². The van der Waals surface area contributed by atoms with Crippen LogP contribution < -0.4 is 0 Å². The van der Waals surface area contributed by atoms with Crippen LogP contribution in [-0.2, 0) is 25.7 Å². The Morgan fingerprint density at radius 2 is 1.16 bits per heavy atom. The Morgan fingerprint density at radius 1 is 0.548 bits per heavy atom. The molecule has 1 aromatic carbocycles. The highest BCUT2D eigenvalue weighted by Crippen LogP contribution is 2.56. The van der Waals surface area contributed by atoms with Crippen LogP contribution >= 0.6 is 56.7 Å². The van der Waals surface area contributed by atoms with Gasteiger partial charge in [-0.25, -0.2) is 0 Å². The minimum absolute atomic E-state index is 1.19. The Morgan fingerprint density at radius 3 is 2.00 bits per heavy atom. The van der Waals surface area contributed by atoms with Gasteiger partial charge in [0.05, 0.1) is 0 Å². The fraction of sp³-hybridized carbons (Fsp3) is 0.231. The summed E-state index contributed by atoms with van der Waals surface area (Å²) in [6, 6.07) is 9.50. The Hall–Kier alpha value is -1.50. The zero-order chi connectivity index (χ0) is 20.4. The smallest absolute Gasteiger partial charge is 0.0499 e. The molecule has 0 bridgehead atoms. The fourth-order valence-electron chi connectivity index (χ4n) is 5.59. The van der Waals surface area contributed by atoms with Crippen LogP contribution in [0.1, 0.15) is 32.0 Å². The second kappa shape index (κ2) is 6.09. The number of hydrogen-bond donors (Lipinski definition) is 0. The molecule has 0 saturated heterocycles. The van der Waals surface area contributed by atoms with Gasteiger partial charge >= 0.3 is 0 Å². The summed E-state index contributed by atoms with van der Waals surface area (Å²) in [5.74, 6) is 0. The molecule has 0 radical (unpaired) electrons. The molecule has 5 heteroatoms. The Balaban J connectivity index is 1.36. The van der Waals surface area contributed by atoms with Crippen molar-refractivity contribution in [2.45, 2.75) is 39.5 Å². The van der Waals surface area contributed by atoms with Gasteiger partial charge in [0.15, 0.2) is 0 Å². The summed E-state index contributed by atoms with van der Waals surface area (Å²) in [5, 5.41) is 1.43. The third-order valence-corrected chi connectivity index (χ3v) is 13.4. The van der Waals surface area contributed by atoms with Crippen LogP contribution in [0.25, 0.3) is 49.1 Å². The zero-order valence-corrected chi connectivity index (χ0v) is 21.3. The van der Waals surface area contributed by atoms with Gasteiger partial charge in [-0.15, -0.1) is 56.7 Å². The van der Waals surface area contributed by atoms with Crippen molar-refractivity contribution >= 4 is 85.6 Å². The molecule has 6 aromatic rings. The molecule has 0 fully saturated rings. The van der Waals surface area contributed by atoms with Crippen molar-refractivity contribution in [1.82, 2.24) is 0 Å². The molecule has 5 aromatic heterocycles. The van der Waals surface area contributed by atoms with Crippen molar-refractivity contribution in [3.8, 4) is 20.2 Å². The summed E-state index contributed by atoms with van der Waals surface area (Å²) < 4.78 is 7.78. The lowest BCUT2D eigenvalue weighted by Gasteiger charge is -2.17. The van der Waals surface area contributed by atoms with Gasteiger partial charge in [0.2, 0.25) is 0 Å². The number of rotatable bonds is 0. The molecule has 0 atom stereocenters. The third-order valence-electron chi connectivity index (χ3n) is 6.91. The lowest BCUT2D eigenvalue weighted by atomic mass is 9.90. The average molecular weight is 491 g/mol. The van der Waals surface area contributed by atoms with Crippen LogP contribution in [0.2, 0.25) is 0 Å². The summed E-state index contributed by atoms with van der Waals surface area (Å²) in [7, 11) is 0. The van der Waals surface area contributed by atoms with E-state index in [0.717, 1.165) is 0 Å². The lowest BCUT2D eigenvalue weighted by molar-refractivity contribution is 0.970. The van der Waals surface area contributed by atoms with E-state index >= 15 is 0 Å². The molecule has 0 aliphatic heterocycles. The number of aryl methyl sites for hydroxylation is 6. The van der Waals surface area contributed by atoms with Gasteiger partial charge in [0.25, 0.3) is 0 Å². The second-order valence-electron chi connectivity index (χ2n) is 8.80. The molecular weight excluding hydrogens is 473 g/mol. The van der Waals surface area contributed by atoms with Crippen LogP contribution in [0.3, 0.4) is 0 Å². The number of hydrogen-bond acceptors (Lipinski definition) is 5. The van der Waals surface area contributed by atoms with Crippen molar-refractivity contribution in [3.05, 3.63) is 56.3 Å². The normalized spacial score (nSPS) is 14.9. The van der Waals surface area contributed by atoms with Crippen LogP contribution in [0.4, 0.5) is 0 Å². The van der Waals surface area contributed by atoms with Gasteiger partial charge in [-0.05, 0) is 84.9 Å². The van der Waals surface area contributed by atoms with Crippen molar-refractivity contribution < 1.29 is 0 Å². The quantitative estimate of drug-likeness (QED) is 0.199. The second-order valence-corrected chi connectivity index (χ2v) is 14.4. The van der Waals surface area contributed by atoms with E-state index in [4.69, 9.17) is 0 Å². The Bertz CT molecular complexity index is 1710. The molecule has 0 saturated carbocycles. The Kier molecular flexibility index (Phi) is 3.53. The van der Waals surface area contributed by atoms with E-state index in [2.05, 4.69) is 60.8 Å². The maximum absolute atomic E-state index is 2.40. The summed E-state index contributed by atoms with van der Waals surface area (Å²) in [6.07, 6.45) is 4.81. The SMILES string of the molecule is Cc1cc2ccc3c(c2s1)CCc1c-3sc2c3c(sc12)-c1sc2cc(C)sc2c1CC3. The van der Waals surface area contributed by atoms with E-state index in [0.29, 0.717) is 0 Å². The number of fused-ring (bicyclic) bond motifs is 13. The van der Waals surface area contributed by atoms with E-state index < -0.39 is 0 Å². The van der Waals surface area contributed by atoms with Crippen molar-refractivity contribution in [1.29, 1.82) is 0 Å². The maximum Gasteiger partial charge on any atom is 0.0499 e. The van der Waals surface area contributed by atoms with Crippen LogP contribution in [0, 0.1) is 13.8 Å². The topological polar surface area (TPSA) is 0 Å². The number of benzene rings is 1. The van der Waals surface area contributed by atoms with E-state index in [1.54, 1.807) is 51.0 Å². The number of thiophene rings is 5. The first-order valence-corrected chi connectivity index (χ1v) is 14.9. The summed E-state index contributed by atoms with van der Waals surface area (Å²) in [6.45, 7) is 4.48. The van der Waals surface area contributed by atoms with Crippen molar-refractivity contribution in [2.75, 3.05) is 0 Å². The van der Waals surface area contributed by atoms with Crippen molar-refractivity contribution in [3.63, 3.8) is 0 Å². The first-order chi connectivity index (χ1) is 15.2.